The van der Waals surface area contributed by atoms with E-state index >= 15 is 0 Å². The van der Waals surface area contributed by atoms with Crippen LogP contribution in [0.1, 0.15) is 6.92 Å². The van der Waals surface area contributed by atoms with Gasteiger partial charge in [-0.3, -0.25) is 4.79 Å². The van der Waals surface area contributed by atoms with E-state index in [-0.39, 0.29) is 11.6 Å². The van der Waals surface area contributed by atoms with E-state index in [1.807, 2.05) is 4.90 Å². The van der Waals surface area contributed by atoms with E-state index in [1.165, 1.54) is 12.4 Å². The van der Waals surface area contributed by atoms with Crippen molar-refractivity contribution in [3.8, 4) is 0 Å². The van der Waals surface area contributed by atoms with Crippen LogP contribution in [0.15, 0.2) is 17.2 Å². The van der Waals surface area contributed by atoms with Gasteiger partial charge in [-0.25, -0.2) is 4.98 Å². The summed E-state index contributed by atoms with van der Waals surface area (Å²) >= 11 is 0. The summed E-state index contributed by atoms with van der Waals surface area (Å²) in [7, 11) is 0. The van der Waals surface area contributed by atoms with Crippen LogP contribution in [0.25, 0.3) is 0 Å². The first-order valence-corrected chi connectivity index (χ1v) is 4.72. The fourth-order valence-electron chi connectivity index (χ4n) is 1.71. The highest BCUT2D eigenvalue weighted by Gasteiger charge is 2.27. The standard InChI is InChI=1S/C9H14N4O/c1-6-3-13(4-7(6)10)8-2-9(14)12-5-11-8/h2,5-7H,3-4,10H2,1H3,(H,11,12,14). The molecule has 1 aromatic rings. The van der Waals surface area contributed by atoms with Gasteiger partial charge in [-0.15, -0.1) is 0 Å². The number of anilines is 1. The Morgan fingerprint density at radius 2 is 2.43 bits per heavy atom. The van der Waals surface area contributed by atoms with Gasteiger partial charge in [0.05, 0.1) is 6.33 Å². The molecule has 0 radical (unpaired) electrons. The van der Waals surface area contributed by atoms with E-state index in [1.54, 1.807) is 0 Å². The van der Waals surface area contributed by atoms with Gasteiger partial charge in [0.15, 0.2) is 0 Å². The summed E-state index contributed by atoms with van der Waals surface area (Å²) in [6, 6.07) is 1.68. The first-order chi connectivity index (χ1) is 6.66. The van der Waals surface area contributed by atoms with Gasteiger partial charge in [-0.1, -0.05) is 6.92 Å². The monoisotopic (exact) mass is 194 g/mol. The third-order valence-corrected chi connectivity index (χ3v) is 2.66. The molecule has 1 saturated heterocycles. The van der Waals surface area contributed by atoms with E-state index in [0.717, 1.165) is 13.1 Å². The summed E-state index contributed by atoms with van der Waals surface area (Å²) in [6.45, 7) is 3.76. The van der Waals surface area contributed by atoms with Crippen LogP contribution in [-0.2, 0) is 0 Å². The third kappa shape index (κ3) is 1.63. The largest absolute Gasteiger partial charge is 0.355 e. The van der Waals surface area contributed by atoms with Gasteiger partial charge in [0.1, 0.15) is 5.82 Å². The number of H-pyrrole nitrogens is 1. The summed E-state index contributed by atoms with van der Waals surface area (Å²) in [5.74, 6) is 1.17. The van der Waals surface area contributed by atoms with E-state index in [9.17, 15) is 4.79 Å². The highest BCUT2D eigenvalue weighted by molar-refractivity contribution is 5.38. The summed E-state index contributed by atoms with van der Waals surface area (Å²) < 4.78 is 0. The van der Waals surface area contributed by atoms with Crippen LogP contribution in [0.3, 0.4) is 0 Å². The molecule has 0 saturated carbocycles. The molecule has 2 rings (SSSR count). The number of rotatable bonds is 1. The van der Waals surface area contributed by atoms with Gasteiger partial charge in [0, 0.05) is 25.2 Å². The zero-order valence-corrected chi connectivity index (χ0v) is 8.10. The Balaban J connectivity index is 2.21. The SMILES string of the molecule is CC1CN(c2cc(=O)[nH]cn2)CC1N. The molecule has 2 heterocycles. The van der Waals surface area contributed by atoms with E-state index in [2.05, 4.69) is 16.9 Å². The lowest BCUT2D eigenvalue weighted by atomic mass is 10.1. The summed E-state index contributed by atoms with van der Waals surface area (Å²) in [5.41, 5.74) is 5.77. The smallest absolute Gasteiger partial charge is 0.252 e. The number of hydrogen-bond donors (Lipinski definition) is 2. The summed E-state index contributed by atoms with van der Waals surface area (Å²) in [5, 5.41) is 0. The van der Waals surface area contributed by atoms with Gasteiger partial charge in [-0.2, -0.15) is 0 Å². The highest BCUT2D eigenvalue weighted by atomic mass is 16.1. The van der Waals surface area contributed by atoms with Crippen molar-refractivity contribution in [3.63, 3.8) is 0 Å². The Hall–Kier alpha value is -1.36. The second kappa shape index (κ2) is 3.42. The van der Waals surface area contributed by atoms with E-state index in [4.69, 9.17) is 5.73 Å². The molecule has 0 spiro atoms. The number of nitrogens with zero attached hydrogens (tertiary/aromatic N) is 2. The van der Waals surface area contributed by atoms with Crippen LogP contribution in [0.4, 0.5) is 5.82 Å². The number of aromatic amines is 1. The topological polar surface area (TPSA) is 75.0 Å². The molecule has 1 aliphatic heterocycles. The van der Waals surface area contributed by atoms with Crippen molar-refractivity contribution < 1.29 is 0 Å². The molecule has 0 aromatic carbocycles. The summed E-state index contributed by atoms with van der Waals surface area (Å²) in [6.07, 6.45) is 1.42. The maximum atomic E-state index is 11.1. The lowest BCUT2D eigenvalue weighted by molar-refractivity contribution is 0.566. The molecule has 14 heavy (non-hydrogen) atoms. The van der Waals surface area contributed by atoms with E-state index in [0.29, 0.717) is 11.7 Å². The molecular formula is C9H14N4O. The van der Waals surface area contributed by atoms with Gasteiger partial charge in [0.2, 0.25) is 0 Å². The van der Waals surface area contributed by atoms with Gasteiger partial charge >= 0.3 is 0 Å². The minimum atomic E-state index is -0.122. The molecule has 0 aliphatic carbocycles. The Morgan fingerprint density at radius 3 is 3.00 bits per heavy atom. The first-order valence-electron chi connectivity index (χ1n) is 4.72. The zero-order chi connectivity index (χ0) is 10.1. The van der Waals surface area contributed by atoms with Crippen LogP contribution >= 0.6 is 0 Å². The van der Waals surface area contributed by atoms with Crippen molar-refractivity contribution in [2.24, 2.45) is 11.7 Å². The predicted octanol–water partition coefficient (Wildman–Crippen LogP) is -0.447. The minimum absolute atomic E-state index is 0.122. The lowest BCUT2D eigenvalue weighted by Gasteiger charge is -2.15. The van der Waals surface area contributed by atoms with Crippen LogP contribution in [0.2, 0.25) is 0 Å². The van der Waals surface area contributed by atoms with Crippen LogP contribution in [-0.4, -0.2) is 29.1 Å². The molecule has 1 aliphatic rings. The average molecular weight is 194 g/mol. The van der Waals surface area contributed by atoms with Crippen molar-refractivity contribution in [2.45, 2.75) is 13.0 Å². The van der Waals surface area contributed by atoms with Crippen molar-refractivity contribution in [1.82, 2.24) is 9.97 Å². The Morgan fingerprint density at radius 1 is 1.64 bits per heavy atom. The molecule has 2 unspecified atom stereocenters. The average Bonchev–Trinajstić information content (AvgIpc) is 2.47. The molecule has 76 valence electrons. The number of aromatic nitrogens is 2. The molecule has 0 bridgehead atoms. The zero-order valence-electron chi connectivity index (χ0n) is 8.10. The molecule has 5 heteroatoms. The van der Waals surface area contributed by atoms with Crippen LogP contribution in [0.5, 0.6) is 0 Å². The third-order valence-electron chi connectivity index (χ3n) is 2.66. The fourth-order valence-corrected chi connectivity index (χ4v) is 1.71. The van der Waals surface area contributed by atoms with Crippen molar-refractivity contribution >= 4 is 5.82 Å². The quantitative estimate of drug-likeness (QED) is 0.635. The normalized spacial score (nSPS) is 26.9. The molecular weight excluding hydrogens is 180 g/mol. The van der Waals surface area contributed by atoms with E-state index < -0.39 is 0 Å². The number of nitrogens with two attached hydrogens (primary N) is 1. The van der Waals surface area contributed by atoms with Gasteiger partial charge in [-0.05, 0) is 5.92 Å². The molecule has 1 fully saturated rings. The second-order valence-electron chi connectivity index (χ2n) is 3.82. The van der Waals surface area contributed by atoms with Gasteiger partial charge < -0.3 is 15.6 Å². The lowest BCUT2D eigenvalue weighted by Crippen LogP contribution is -2.29. The van der Waals surface area contributed by atoms with Crippen molar-refractivity contribution in [3.05, 3.63) is 22.7 Å². The van der Waals surface area contributed by atoms with Crippen LogP contribution in [0, 0.1) is 5.92 Å². The Bertz CT molecular complexity index is 365. The second-order valence-corrected chi connectivity index (χ2v) is 3.82. The minimum Gasteiger partial charge on any atom is -0.355 e. The maximum absolute atomic E-state index is 11.1. The Kier molecular flexibility index (Phi) is 2.25. The first kappa shape index (κ1) is 9.21. The van der Waals surface area contributed by atoms with Crippen molar-refractivity contribution in [1.29, 1.82) is 0 Å². The maximum Gasteiger partial charge on any atom is 0.252 e. The number of nitrogens with one attached hydrogen (secondary N) is 1. The molecule has 5 nitrogen and oxygen atoms in total. The predicted molar refractivity (Wildman–Crippen MR) is 54.2 cm³/mol. The van der Waals surface area contributed by atoms with Crippen LogP contribution < -0.4 is 16.2 Å². The fraction of sp³-hybridized carbons (Fsp3) is 0.556. The molecule has 3 N–H and O–H groups in total. The summed E-state index contributed by atoms with van der Waals surface area (Å²) in [4.78, 5) is 19.7. The van der Waals surface area contributed by atoms with Gasteiger partial charge in [0.25, 0.3) is 5.56 Å². The van der Waals surface area contributed by atoms with Crippen molar-refractivity contribution in [2.75, 3.05) is 18.0 Å². The number of hydrogen-bond acceptors (Lipinski definition) is 4. The molecule has 1 aromatic heterocycles. The molecule has 0 amide bonds. The molecule has 2 atom stereocenters. The highest BCUT2D eigenvalue weighted by Crippen LogP contribution is 2.19. The Labute approximate surface area is 82.0 Å².